The predicted molar refractivity (Wildman–Crippen MR) is 98.5 cm³/mol. The number of anilines is 1. The van der Waals surface area contributed by atoms with Crippen LogP contribution in [0.5, 0.6) is 11.5 Å². The highest BCUT2D eigenvalue weighted by molar-refractivity contribution is 5.93. The number of hydrogen-bond acceptors (Lipinski definition) is 4. The Balaban J connectivity index is 1.89. The molecular formula is C20H25NO4. The van der Waals surface area contributed by atoms with Gasteiger partial charge in [0.15, 0.2) is 6.61 Å². The van der Waals surface area contributed by atoms with Gasteiger partial charge in [-0.05, 0) is 44.5 Å². The minimum absolute atomic E-state index is 0.0584. The van der Waals surface area contributed by atoms with Crippen LogP contribution in [0.15, 0.2) is 42.5 Å². The summed E-state index contributed by atoms with van der Waals surface area (Å²) < 4.78 is 16.5. The van der Waals surface area contributed by atoms with Crippen LogP contribution in [0.4, 0.5) is 5.69 Å². The Hall–Kier alpha value is -2.53. The maximum atomic E-state index is 12.2. The molecule has 0 aliphatic carbocycles. The zero-order valence-corrected chi connectivity index (χ0v) is 15.0. The lowest BCUT2D eigenvalue weighted by Crippen LogP contribution is -2.21. The second kappa shape index (κ2) is 9.69. The van der Waals surface area contributed by atoms with E-state index in [-0.39, 0.29) is 12.5 Å². The Morgan fingerprint density at radius 3 is 2.56 bits per heavy atom. The van der Waals surface area contributed by atoms with E-state index >= 15 is 0 Å². The quantitative estimate of drug-likeness (QED) is 0.705. The molecule has 0 bridgehead atoms. The lowest BCUT2D eigenvalue weighted by molar-refractivity contribution is -0.118. The van der Waals surface area contributed by atoms with Crippen LogP contribution >= 0.6 is 0 Å². The van der Waals surface area contributed by atoms with Gasteiger partial charge in [-0.2, -0.15) is 0 Å². The Morgan fingerprint density at radius 2 is 1.80 bits per heavy atom. The summed E-state index contributed by atoms with van der Waals surface area (Å²) in [5, 5.41) is 2.82. The van der Waals surface area contributed by atoms with Crippen molar-refractivity contribution in [3.63, 3.8) is 0 Å². The van der Waals surface area contributed by atoms with Crippen molar-refractivity contribution in [3.05, 3.63) is 53.6 Å². The van der Waals surface area contributed by atoms with E-state index in [0.717, 1.165) is 11.1 Å². The smallest absolute Gasteiger partial charge is 0.262 e. The standard InChI is InChI=1S/C20H25NO4/c1-4-23-11-12-24-19-8-6-5-7-17(19)21-20(22)14-25-18-10-9-15(2)13-16(18)3/h5-10,13H,4,11-12,14H2,1-3H3,(H,21,22). The van der Waals surface area contributed by atoms with Crippen LogP contribution in [-0.4, -0.2) is 32.3 Å². The average molecular weight is 343 g/mol. The van der Waals surface area contributed by atoms with Crippen molar-refractivity contribution in [1.82, 2.24) is 0 Å². The van der Waals surface area contributed by atoms with Crippen LogP contribution in [0.2, 0.25) is 0 Å². The van der Waals surface area contributed by atoms with Gasteiger partial charge in [0.1, 0.15) is 18.1 Å². The average Bonchev–Trinajstić information content (AvgIpc) is 2.59. The molecule has 0 saturated carbocycles. The van der Waals surface area contributed by atoms with Crippen LogP contribution in [-0.2, 0) is 9.53 Å². The number of para-hydroxylation sites is 2. The van der Waals surface area contributed by atoms with Gasteiger partial charge in [-0.15, -0.1) is 0 Å². The minimum atomic E-state index is -0.235. The molecule has 25 heavy (non-hydrogen) atoms. The van der Waals surface area contributed by atoms with Crippen molar-refractivity contribution in [1.29, 1.82) is 0 Å². The van der Waals surface area contributed by atoms with Crippen molar-refractivity contribution in [2.45, 2.75) is 20.8 Å². The molecule has 0 aliphatic rings. The largest absolute Gasteiger partial charge is 0.489 e. The van der Waals surface area contributed by atoms with Crippen molar-refractivity contribution in [2.24, 2.45) is 0 Å². The highest BCUT2D eigenvalue weighted by atomic mass is 16.5. The van der Waals surface area contributed by atoms with Crippen molar-refractivity contribution < 1.29 is 19.0 Å². The van der Waals surface area contributed by atoms with Crippen LogP contribution < -0.4 is 14.8 Å². The third kappa shape index (κ3) is 6.12. The first-order valence-corrected chi connectivity index (χ1v) is 8.39. The summed E-state index contributed by atoms with van der Waals surface area (Å²) in [4.78, 5) is 12.2. The Kier molecular flexibility index (Phi) is 7.29. The summed E-state index contributed by atoms with van der Waals surface area (Å²) >= 11 is 0. The van der Waals surface area contributed by atoms with Crippen molar-refractivity contribution in [3.8, 4) is 11.5 Å². The Labute approximate surface area is 148 Å². The molecule has 0 spiro atoms. The second-order valence-electron chi connectivity index (χ2n) is 5.65. The highest BCUT2D eigenvalue weighted by Crippen LogP contribution is 2.24. The fourth-order valence-electron chi connectivity index (χ4n) is 2.34. The molecular weight excluding hydrogens is 318 g/mol. The first-order valence-electron chi connectivity index (χ1n) is 8.39. The maximum Gasteiger partial charge on any atom is 0.262 e. The number of carbonyl (C=O) groups excluding carboxylic acids is 1. The van der Waals surface area contributed by atoms with Crippen LogP contribution in [0.3, 0.4) is 0 Å². The van der Waals surface area contributed by atoms with Gasteiger partial charge in [0.25, 0.3) is 5.91 Å². The molecule has 0 atom stereocenters. The van der Waals surface area contributed by atoms with E-state index in [1.165, 1.54) is 0 Å². The molecule has 0 saturated heterocycles. The van der Waals surface area contributed by atoms with Gasteiger partial charge in [-0.25, -0.2) is 0 Å². The molecule has 0 heterocycles. The van der Waals surface area contributed by atoms with E-state index in [0.29, 0.717) is 37.0 Å². The topological polar surface area (TPSA) is 56.8 Å². The van der Waals surface area contributed by atoms with Gasteiger partial charge in [0.2, 0.25) is 0 Å². The molecule has 1 amide bonds. The summed E-state index contributed by atoms with van der Waals surface area (Å²) in [5.41, 5.74) is 2.79. The van der Waals surface area contributed by atoms with E-state index in [4.69, 9.17) is 14.2 Å². The number of benzene rings is 2. The van der Waals surface area contributed by atoms with E-state index in [1.54, 1.807) is 6.07 Å². The monoisotopic (exact) mass is 343 g/mol. The van der Waals surface area contributed by atoms with E-state index in [2.05, 4.69) is 5.32 Å². The van der Waals surface area contributed by atoms with E-state index < -0.39 is 0 Å². The number of aryl methyl sites for hydroxylation is 2. The third-order valence-electron chi connectivity index (χ3n) is 3.54. The number of carbonyl (C=O) groups is 1. The lowest BCUT2D eigenvalue weighted by Gasteiger charge is -2.13. The molecule has 2 aromatic rings. The van der Waals surface area contributed by atoms with Crippen LogP contribution in [0.25, 0.3) is 0 Å². The van der Waals surface area contributed by atoms with Gasteiger partial charge in [0.05, 0.1) is 12.3 Å². The van der Waals surface area contributed by atoms with Gasteiger partial charge in [-0.1, -0.05) is 29.8 Å². The molecule has 5 nitrogen and oxygen atoms in total. The zero-order valence-electron chi connectivity index (χ0n) is 15.0. The van der Waals surface area contributed by atoms with Crippen LogP contribution in [0.1, 0.15) is 18.1 Å². The first kappa shape index (κ1) is 18.8. The molecule has 0 fully saturated rings. The summed E-state index contributed by atoms with van der Waals surface area (Å²) in [5.74, 6) is 1.09. The maximum absolute atomic E-state index is 12.2. The number of ether oxygens (including phenoxy) is 3. The van der Waals surface area contributed by atoms with Gasteiger partial charge >= 0.3 is 0 Å². The van der Waals surface area contributed by atoms with E-state index in [9.17, 15) is 4.79 Å². The molecule has 1 N–H and O–H groups in total. The molecule has 5 heteroatoms. The lowest BCUT2D eigenvalue weighted by atomic mass is 10.1. The third-order valence-corrected chi connectivity index (χ3v) is 3.54. The summed E-state index contributed by atoms with van der Waals surface area (Å²) in [6.45, 7) is 7.45. The number of nitrogens with one attached hydrogen (secondary N) is 1. The fraction of sp³-hybridized carbons (Fsp3) is 0.350. The summed E-state index contributed by atoms with van der Waals surface area (Å²) in [6.07, 6.45) is 0. The van der Waals surface area contributed by atoms with Crippen molar-refractivity contribution >= 4 is 11.6 Å². The number of hydrogen-bond donors (Lipinski definition) is 1. The predicted octanol–water partition coefficient (Wildman–Crippen LogP) is 3.74. The Bertz CT molecular complexity index is 700. The van der Waals surface area contributed by atoms with Gasteiger partial charge in [-0.3, -0.25) is 4.79 Å². The molecule has 2 aromatic carbocycles. The second-order valence-corrected chi connectivity index (χ2v) is 5.65. The molecule has 2 rings (SSSR count). The molecule has 0 unspecified atom stereocenters. The molecule has 134 valence electrons. The van der Waals surface area contributed by atoms with Gasteiger partial charge < -0.3 is 19.5 Å². The van der Waals surface area contributed by atoms with Crippen molar-refractivity contribution in [2.75, 3.05) is 31.7 Å². The summed E-state index contributed by atoms with van der Waals surface area (Å²) in [7, 11) is 0. The van der Waals surface area contributed by atoms with Crippen LogP contribution in [0, 0.1) is 13.8 Å². The van der Waals surface area contributed by atoms with Gasteiger partial charge in [0, 0.05) is 6.61 Å². The SMILES string of the molecule is CCOCCOc1ccccc1NC(=O)COc1ccc(C)cc1C. The van der Waals surface area contributed by atoms with E-state index in [1.807, 2.05) is 57.2 Å². The number of amides is 1. The molecule has 0 aliphatic heterocycles. The minimum Gasteiger partial charge on any atom is -0.489 e. The normalized spacial score (nSPS) is 10.4. The zero-order chi connectivity index (χ0) is 18.1. The fourth-order valence-corrected chi connectivity index (χ4v) is 2.34. The first-order chi connectivity index (χ1) is 12.1. The number of rotatable bonds is 9. The summed E-state index contributed by atoms with van der Waals surface area (Å²) in [6, 6.07) is 13.2. The Morgan fingerprint density at radius 1 is 1.00 bits per heavy atom. The molecule has 0 aromatic heterocycles. The highest BCUT2D eigenvalue weighted by Gasteiger charge is 2.09. The molecule has 0 radical (unpaired) electrons.